The number of methoxy groups -OCH3 is 1. The summed E-state index contributed by atoms with van der Waals surface area (Å²) in [5.74, 6) is -3.85. The number of thiazole rings is 1. The summed E-state index contributed by atoms with van der Waals surface area (Å²) in [5.41, 5.74) is 1.39. The van der Waals surface area contributed by atoms with Crippen LogP contribution in [0.2, 0.25) is 0 Å². The van der Waals surface area contributed by atoms with Crippen molar-refractivity contribution in [3.05, 3.63) is 63.0 Å². The lowest BCUT2D eigenvalue weighted by Gasteiger charge is -2.31. The molecule has 1 aliphatic carbocycles. The number of aromatic nitrogens is 1. The Kier molecular flexibility index (Phi) is 8.55. The van der Waals surface area contributed by atoms with Crippen LogP contribution in [-0.4, -0.2) is 90.5 Å². The highest BCUT2D eigenvalue weighted by Crippen LogP contribution is 2.46. The maximum atomic E-state index is 15.7. The fraction of sp³-hybridized carbons (Fsp3) is 0.548. The van der Waals surface area contributed by atoms with E-state index in [-0.39, 0.29) is 36.5 Å². The molecule has 2 saturated heterocycles. The first-order valence-electron chi connectivity index (χ1n) is 15.0. The van der Waals surface area contributed by atoms with Crippen molar-refractivity contribution < 1.29 is 32.2 Å². The molecule has 0 bridgehead atoms. The summed E-state index contributed by atoms with van der Waals surface area (Å²) in [6.07, 6.45) is 3.58. The number of nitrogens with zero attached hydrogens (tertiary/aromatic N) is 4. The highest BCUT2D eigenvalue weighted by atomic mass is 32.1. The Labute approximate surface area is 258 Å². The highest BCUT2D eigenvalue weighted by Gasteiger charge is 2.59. The molecule has 0 radical (unpaired) electrons. The maximum absolute atomic E-state index is 15.7. The number of aliphatic imine (C=N–C) groups is 1. The second-order valence-electron chi connectivity index (χ2n) is 11.8. The van der Waals surface area contributed by atoms with E-state index in [4.69, 9.17) is 14.5 Å². The van der Waals surface area contributed by atoms with E-state index in [1.165, 1.54) is 24.5 Å². The molecule has 5 atom stereocenters. The summed E-state index contributed by atoms with van der Waals surface area (Å²) < 4.78 is 56.4. The van der Waals surface area contributed by atoms with E-state index >= 15 is 8.78 Å². The molecule has 1 aromatic carbocycles. The third-order valence-corrected chi connectivity index (χ3v) is 10.0. The molecule has 44 heavy (non-hydrogen) atoms. The van der Waals surface area contributed by atoms with Gasteiger partial charge in [0.2, 0.25) is 0 Å². The quantitative estimate of drug-likeness (QED) is 0.392. The number of nitrogens with one attached hydrogen (secondary N) is 1. The number of halogens is 3. The Bertz CT molecular complexity index is 1480. The third kappa shape index (κ3) is 5.77. The van der Waals surface area contributed by atoms with Crippen LogP contribution in [-0.2, 0) is 19.1 Å². The number of alkyl halides is 2. The van der Waals surface area contributed by atoms with Gasteiger partial charge in [0.1, 0.15) is 11.9 Å². The molecular weight excluding hydrogens is 595 g/mol. The number of carbonyl (C=O) groups is 2. The van der Waals surface area contributed by atoms with Gasteiger partial charge >= 0.3 is 11.9 Å². The molecule has 1 saturated carbocycles. The number of amidine groups is 1. The van der Waals surface area contributed by atoms with Crippen LogP contribution in [0.3, 0.4) is 0 Å². The Morgan fingerprint density at radius 2 is 2.07 bits per heavy atom. The molecule has 2 aromatic rings. The predicted octanol–water partition coefficient (Wildman–Crippen LogP) is 4.09. The van der Waals surface area contributed by atoms with Crippen molar-refractivity contribution in [1.29, 1.82) is 0 Å². The van der Waals surface area contributed by atoms with E-state index in [0.717, 1.165) is 6.42 Å². The molecule has 4 aliphatic rings. The smallest absolute Gasteiger partial charge is 0.338 e. The van der Waals surface area contributed by atoms with Crippen molar-refractivity contribution in [3.8, 4) is 0 Å². The lowest BCUT2D eigenvalue weighted by atomic mass is 9.92. The van der Waals surface area contributed by atoms with Crippen molar-refractivity contribution in [3.63, 3.8) is 0 Å². The van der Waals surface area contributed by atoms with Gasteiger partial charge in [0.15, 0.2) is 10.8 Å². The van der Waals surface area contributed by atoms with E-state index in [2.05, 4.69) is 10.3 Å². The Morgan fingerprint density at radius 1 is 1.25 bits per heavy atom. The first-order chi connectivity index (χ1) is 21.1. The minimum atomic E-state index is -2.98. The van der Waals surface area contributed by atoms with Gasteiger partial charge in [-0.2, -0.15) is 0 Å². The number of esters is 2. The summed E-state index contributed by atoms with van der Waals surface area (Å²) in [5, 5.41) is 5.59. The van der Waals surface area contributed by atoms with Crippen LogP contribution in [0.5, 0.6) is 0 Å². The molecule has 6 rings (SSSR count). The van der Waals surface area contributed by atoms with Crippen molar-refractivity contribution in [1.82, 2.24) is 20.1 Å². The lowest BCUT2D eigenvalue weighted by Crippen LogP contribution is -2.45. The Morgan fingerprint density at radius 3 is 2.80 bits per heavy atom. The first-order valence-corrected chi connectivity index (χ1v) is 15.8. The minimum Gasteiger partial charge on any atom is -0.469 e. The molecule has 3 fully saturated rings. The standard InChI is InChI=1S/C31H36F3N5O4S/c1-4-43-30(41)24-22(36-27(28-35-10-13-44-28)37-25(24)19-6-5-7-21(32)17(19)2)15-39-16-31(33,34)26-23(39)9-12-38(26)11-8-18-14-20(18)29(40)42-3/h5-7,10,13,18,20,23,25-26H,4,8-9,11-12,14-16H2,1-3H3,(H,36,37)/t18-,20-,23-,25-,26+/m0/s1. The maximum Gasteiger partial charge on any atom is 0.338 e. The lowest BCUT2D eigenvalue weighted by molar-refractivity contribution is -0.142. The van der Waals surface area contributed by atoms with E-state index < -0.39 is 42.4 Å². The Hall–Kier alpha value is -3.29. The summed E-state index contributed by atoms with van der Waals surface area (Å²) >= 11 is 1.34. The topological polar surface area (TPSA) is 96.4 Å². The number of fused-ring (bicyclic) bond motifs is 1. The van der Waals surface area contributed by atoms with Crippen LogP contribution >= 0.6 is 11.3 Å². The summed E-state index contributed by atoms with van der Waals surface area (Å²) in [6.45, 7) is 3.98. The van der Waals surface area contributed by atoms with Crippen molar-refractivity contribution in [2.45, 2.75) is 57.2 Å². The first kappa shape index (κ1) is 30.7. The normalized spacial score (nSPS) is 28.0. The van der Waals surface area contributed by atoms with Gasteiger partial charge in [-0.3, -0.25) is 19.6 Å². The number of benzene rings is 1. The van der Waals surface area contributed by atoms with E-state index in [1.807, 2.05) is 4.90 Å². The largest absolute Gasteiger partial charge is 0.469 e. The predicted molar refractivity (Wildman–Crippen MR) is 158 cm³/mol. The SMILES string of the molecule is CCOC(=O)C1=C(CN2CC(F)(F)[C@H]3[C@@H]2CCN3CC[C@H]2C[C@@H]2C(=O)OC)NC(c2nccs2)=N[C@H]1c1cccc(F)c1C. The van der Waals surface area contributed by atoms with Gasteiger partial charge < -0.3 is 14.8 Å². The van der Waals surface area contributed by atoms with E-state index in [0.29, 0.717) is 53.6 Å². The van der Waals surface area contributed by atoms with E-state index in [1.54, 1.807) is 42.5 Å². The van der Waals surface area contributed by atoms with Crippen LogP contribution in [0, 0.1) is 24.6 Å². The zero-order chi connectivity index (χ0) is 31.2. The molecule has 1 N–H and O–H groups in total. The van der Waals surface area contributed by atoms with Crippen LogP contribution in [0.15, 0.2) is 46.0 Å². The fourth-order valence-electron chi connectivity index (χ4n) is 6.98. The molecular formula is C31H36F3N5O4S. The van der Waals surface area contributed by atoms with Crippen molar-refractivity contribution >= 4 is 29.1 Å². The zero-order valence-corrected chi connectivity index (χ0v) is 25.7. The molecule has 9 nitrogen and oxygen atoms in total. The van der Waals surface area contributed by atoms with Gasteiger partial charge in [-0.25, -0.2) is 22.9 Å². The fourth-order valence-corrected chi connectivity index (χ4v) is 7.57. The number of carbonyl (C=O) groups excluding carboxylic acids is 2. The Balaban J connectivity index is 1.30. The summed E-state index contributed by atoms with van der Waals surface area (Å²) in [6, 6.07) is 2.30. The second kappa shape index (κ2) is 12.2. The minimum absolute atomic E-state index is 0.0288. The van der Waals surface area contributed by atoms with E-state index in [9.17, 15) is 14.0 Å². The highest BCUT2D eigenvalue weighted by molar-refractivity contribution is 7.11. The van der Waals surface area contributed by atoms with Crippen molar-refractivity contribution in [2.24, 2.45) is 16.8 Å². The molecule has 0 amide bonds. The number of hydrogen-bond donors (Lipinski definition) is 1. The summed E-state index contributed by atoms with van der Waals surface area (Å²) in [4.78, 5) is 38.1. The number of ether oxygens (including phenoxy) is 2. The number of rotatable bonds is 10. The molecule has 0 spiro atoms. The summed E-state index contributed by atoms with van der Waals surface area (Å²) in [7, 11) is 1.37. The van der Waals surface area contributed by atoms with Crippen molar-refractivity contribution in [2.75, 3.05) is 39.9 Å². The molecule has 1 aromatic heterocycles. The molecule has 3 aliphatic heterocycles. The van der Waals surface area contributed by atoms with Gasteiger partial charge in [0.25, 0.3) is 5.92 Å². The van der Waals surface area contributed by atoms with Gasteiger partial charge in [-0.15, -0.1) is 11.3 Å². The number of likely N-dealkylation sites (tertiary alicyclic amines) is 2. The average Bonchev–Trinajstić information content (AvgIpc) is 3.30. The second-order valence-corrected chi connectivity index (χ2v) is 12.7. The molecule has 0 unspecified atom stereocenters. The van der Waals surface area contributed by atoms with Crippen LogP contribution in [0.4, 0.5) is 13.2 Å². The number of hydrogen-bond acceptors (Lipinski definition) is 10. The van der Waals surface area contributed by atoms with Gasteiger partial charge in [0, 0.05) is 36.4 Å². The zero-order valence-electron chi connectivity index (χ0n) is 24.9. The van der Waals surface area contributed by atoms with Crippen LogP contribution < -0.4 is 5.32 Å². The van der Waals surface area contributed by atoms with Gasteiger partial charge in [-0.05, 0) is 62.8 Å². The monoisotopic (exact) mass is 631 g/mol. The van der Waals surface area contributed by atoms with Crippen LogP contribution in [0.25, 0.3) is 0 Å². The van der Waals surface area contributed by atoms with Gasteiger partial charge in [-0.1, -0.05) is 12.1 Å². The average molecular weight is 632 g/mol. The third-order valence-electron chi connectivity index (χ3n) is 9.22. The molecule has 236 valence electrons. The molecule has 13 heteroatoms. The van der Waals surface area contributed by atoms with Crippen LogP contribution in [0.1, 0.15) is 48.4 Å². The van der Waals surface area contributed by atoms with Gasteiger partial charge in [0.05, 0.1) is 37.8 Å². The molecule has 4 heterocycles.